The maximum atomic E-state index is 13.0. The summed E-state index contributed by atoms with van der Waals surface area (Å²) in [7, 11) is -10.7. The minimum atomic E-state index is -5.36. The van der Waals surface area contributed by atoms with Gasteiger partial charge in [0, 0.05) is 0 Å². The molecule has 3 aliphatic heterocycles. The molecule has 0 spiro atoms. The zero-order valence-electron chi connectivity index (χ0n) is 24.7. The van der Waals surface area contributed by atoms with Crippen molar-refractivity contribution >= 4 is 49.9 Å². The Morgan fingerprint density at radius 2 is 1.15 bits per heavy atom. The van der Waals surface area contributed by atoms with Crippen molar-refractivity contribution in [3.8, 4) is 0 Å². The van der Waals surface area contributed by atoms with E-state index in [4.69, 9.17) is 39.0 Å². The second-order valence-electron chi connectivity index (χ2n) is 10.3. The van der Waals surface area contributed by atoms with Gasteiger partial charge in [-0.05, 0) is 0 Å². The topological polar surface area (TPSA) is 355 Å². The van der Waals surface area contributed by atoms with Gasteiger partial charge in [-0.25, -0.2) is 9.97 Å². The number of rotatable bonds is 2. The zero-order valence-corrected chi connectivity index (χ0v) is 30.5. The zero-order chi connectivity index (χ0) is 32.7. The van der Waals surface area contributed by atoms with E-state index in [1.165, 1.54) is 0 Å². The second-order valence-corrected chi connectivity index (χ2v) is 13.0. The molecule has 8 N–H and O–H groups in total. The summed E-state index contributed by atoms with van der Waals surface area (Å²) in [4.78, 5) is 70.5. The first-order valence-electron chi connectivity index (χ1n) is 13.1. The van der Waals surface area contributed by atoms with Crippen molar-refractivity contribution in [1.82, 2.24) is 39.0 Å². The number of H-pyrrole nitrogens is 2. The fourth-order valence-corrected chi connectivity index (χ4v) is 7.27. The van der Waals surface area contributed by atoms with E-state index in [-0.39, 0.29) is 93.3 Å². The number of phosphoric acid groups is 2. The Bertz CT molecular complexity index is 1920. The maximum absolute atomic E-state index is 13.0. The van der Waals surface area contributed by atoms with E-state index in [9.17, 15) is 38.7 Å². The van der Waals surface area contributed by atoms with Crippen LogP contribution in [0.4, 0.5) is 11.9 Å². The number of nitrogens with zero attached hydrogens (tertiary/aromatic N) is 6. The first kappa shape index (κ1) is 37.6. The van der Waals surface area contributed by atoms with Crippen molar-refractivity contribution in [2.24, 2.45) is 0 Å². The average molecular weight is 764 g/mol. The van der Waals surface area contributed by atoms with Crippen molar-refractivity contribution < 1.29 is 116 Å². The van der Waals surface area contributed by atoms with E-state index in [1.54, 1.807) is 0 Å². The molecule has 28 heteroatoms. The van der Waals surface area contributed by atoms with Gasteiger partial charge in [-0.2, -0.15) is 9.97 Å². The van der Waals surface area contributed by atoms with Gasteiger partial charge in [0.05, 0.1) is 25.9 Å². The molecule has 2 unspecified atom stereocenters. The van der Waals surface area contributed by atoms with Gasteiger partial charge < -0.3 is 59.0 Å². The SMILES string of the molecule is [15NH2][13c]1[15n][13c]2[13c]([15n][13cH][15n]2[13C@@H]2O[13C@@H]3[13CH2]OP(=O)([O-])O[13C@H]4[13C@@H](O)[13C@H]([15n]5[13cH][15n][13c]6[13c](=O)[15nH][13c]([15NH2])[15n][13c]65)O[13C@@H]4[13CH2]OP(=O)([O-])O[13C@H]3[13C@H]2O)[13c](=O)[15nH]1.[Na+].[Na+]. The number of aromatic nitrogens is 8. The van der Waals surface area contributed by atoms with Gasteiger partial charge in [-0.15, -0.1) is 0 Å². The van der Waals surface area contributed by atoms with E-state index in [0.717, 1.165) is 21.8 Å². The summed E-state index contributed by atoms with van der Waals surface area (Å²) in [5, 5.41) is 22.1. The second kappa shape index (κ2) is 13.8. The van der Waals surface area contributed by atoms with Crippen molar-refractivity contribution in [2.45, 2.75) is 49.1 Å². The summed E-state index contributed by atoms with van der Waals surface area (Å²) in [5.74, 6) is -0.598. The molecule has 3 fully saturated rings. The van der Waals surface area contributed by atoms with Crippen molar-refractivity contribution in [3.05, 3.63) is 33.4 Å². The van der Waals surface area contributed by atoms with Gasteiger partial charge in [0.2, 0.25) is 11.9 Å². The van der Waals surface area contributed by atoms with Crippen LogP contribution >= 0.6 is 15.6 Å². The van der Waals surface area contributed by atoms with Gasteiger partial charge in [0.25, 0.3) is 26.8 Å². The van der Waals surface area contributed by atoms with E-state index in [2.05, 4.69) is 29.9 Å². The molecular weight excluding hydrogens is 742 g/mol. The molecule has 3 aliphatic rings. The van der Waals surface area contributed by atoms with Crippen molar-refractivity contribution in [3.63, 3.8) is 0 Å². The Balaban J connectivity index is 0.00000225. The number of nitrogens with one attached hydrogen (secondary N) is 2. The van der Waals surface area contributed by atoms with Crippen LogP contribution in [-0.4, -0.2) is 99.1 Å². The molecule has 10 atom stereocenters. The predicted molar refractivity (Wildman–Crippen MR) is 142 cm³/mol. The smallest absolute Gasteiger partial charge is 0.756 e. The number of aliphatic hydroxyl groups is 2. The van der Waals surface area contributed by atoms with E-state index >= 15 is 0 Å². The van der Waals surface area contributed by atoms with Crippen LogP contribution in [0.5, 0.6) is 0 Å². The third-order valence-corrected chi connectivity index (χ3v) is 9.30. The van der Waals surface area contributed by atoms with Crippen LogP contribution in [0.3, 0.4) is 0 Å². The number of phosphoric ester groups is 2. The van der Waals surface area contributed by atoms with Crippen molar-refractivity contribution in [1.29, 1.82) is 0 Å². The number of anilines is 2. The number of hydrogen-bond donors (Lipinski definition) is 6. The van der Waals surface area contributed by atoms with E-state index in [1.807, 2.05) is 0 Å². The van der Waals surface area contributed by atoms with Crippen LogP contribution < -0.4 is 91.5 Å². The summed E-state index contributed by atoms with van der Waals surface area (Å²) in [6, 6.07) is 0. The number of hydrogen-bond acceptors (Lipinski definition) is 20. The Hall–Kier alpha value is -1.64. The molecule has 48 heavy (non-hydrogen) atoms. The summed E-state index contributed by atoms with van der Waals surface area (Å²) < 4.78 is 59.6. The van der Waals surface area contributed by atoms with Crippen LogP contribution in [0.1, 0.15) is 12.5 Å². The molecule has 0 aliphatic carbocycles. The summed E-state index contributed by atoms with van der Waals surface area (Å²) in [6.07, 6.45) is -11.5. The van der Waals surface area contributed by atoms with Gasteiger partial charge in [0.15, 0.2) is 34.8 Å². The molecule has 4 aromatic heterocycles. The monoisotopic (exact) mass is 764 g/mol. The number of fused-ring (bicyclic) bond motifs is 4. The van der Waals surface area contributed by atoms with Crippen LogP contribution in [0.2, 0.25) is 0 Å². The van der Waals surface area contributed by atoms with E-state index in [0.29, 0.717) is 0 Å². The number of ether oxygens (including phenoxy) is 2. The van der Waals surface area contributed by atoms with Crippen LogP contribution in [0, 0.1) is 0 Å². The summed E-state index contributed by atoms with van der Waals surface area (Å²) >= 11 is 0. The number of nitrogens with two attached hydrogens (primary N) is 2. The molecular formula is C20H22N10Na2O14P2. The van der Waals surface area contributed by atoms with Crippen molar-refractivity contribution in [2.75, 3.05) is 24.7 Å². The molecule has 0 aromatic carbocycles. The number of imidazole rings is 2. The number of aromatic amines is 2. The minimum absolute atomic E-state index is 0. The number of aliphatic hydroxyl groups excluding tert-OH is 2. The average Bonchev–Trinajstić information content (AvgIpc) is 3.72. The largest absolute Gasteiger partial charge is 1.00 e. The Morgan fingerprint density at radius 3 is 1.52 bits per heavy atom. The molecule has 0 bridgehead atoms. The first-order chi connectivity index (χ1) is 21.7. The Labute approximate surface area is 309 Å². The van der Waals surface area contributed by atoms with Crippen LogP contribution in [-0.2, 0) is 36.7 Å². The van der Waals surface area contributed by atoms with Gasteiger partial charge in [0.1, 0.15) is 36.6 Å². The maximum Gasteiger partial charge on any atom is 1.00 e. The standard InChI is InChI=1S/C20H24N10O14P2.2Na/c21-19-25-13-7(15(33)27-19)23-3-29(13)17-9(31)11-5(41-17)1-39-45(35,36)44-12-6(2-40-46(37,38)43-11)42-18(10(12)32)30-4-24-8-14(30)26-20(22)28-16(8)34;;/h3-6,9-12,17-18,31-32H,1-2H2,(H,35,36)(H,37,38)(H3,21,25,27,33)(H3,22,26,28,34);;/q;2*+1/p-2/t5-,6-,9-,10-,11-,12-,17-,18-;;/m1../s1/i1+1,2+1,3+1,4+1,5+1,6+1,7+1,8+1,9+1,10+1,11+1,12+1,13+1,14+1,15+1,16+1,17+1,18+1,19+1,20+1,21+1,22+1,23+1,24+1,25+1,26+1,27+1,28+1,29+1,30+1;;. The fourth-order valence-electron chi connectivity index (χ4n) is 5.37. The molecule has 0 radical (unpaired) electrons. The third-order valence-electron chi connectivity index (χ3n) is 7.36. The molecule has 248 valence electrons. The minimum Gasteiger partial charge on any atom is -0.756 e. The van der Waals surface area contributed by atoms with Gasteiger partial charge in [-0.3, -0.25) is 37.8 Å². The normalized spacial score (nSPS) is 35.6. The summed E-state index contributed by atoms with van der Waals surface area (Å²) in [5.41, 5.74) is 9.11. The van der Waals surface area contributed by atoms with Gasteiger partial charge >= 0.3 is 59.1 Å². The van der Waals surface area contributed by atoms with Crippen LogP contribution in [0.25, 0.3) is 22.3 Å². The molecule has 0 saturated carbocycles. The van der Waals surface area contributed by atoms with E-state index < -0.39 is 89.1 Å². The van der Waals surface area contributed by atoms with Crippen LogP contribution in [0.15, 0.2) is 22.2 Å². The first-order valence-corrected chi connectivity index (χ1v) is 16.0. The Morgan fingerprint density at radius 1 is 0.771 bits per heavy atom. The quantitative estimate of drug-likeness (QED) is 0.0477. The molecule has 24 nitrogen and oxygen atoms in total. The molecule has 0 amide bonds. The fraction of sp³-hybridized carbons (Fsp3) is 0.500. The molecule has 3 saturated heterocycles. The summed E-state index contributed by atoms with van der Waals surface area (Å²) in [6.45, 7) is -1.92. The molecule has 7 rings (SSSR count). The predicted octanol–water partition coefficient (Wildman–Crippen LogP) is -10.3. The Kier molecular flexibility index (Phi) is 10.8. The number of nitrogen functional groups attached to an aromatic ring is 2. The van der Waals surface area contributed by atoms with Gasteiger partial charge in [-0.1, -0.05) is 0 Å². The third kappa shape index (κ3) is 6.85. The molecule has 4 aromatic rings. The molecule has 7 heterocycles.